The second-order valence-electron chi connectivity index (χ2n) is 4.63. The topological polar surface area (TPSA) is 115 Å². The van der Waals surface area contributed by atoms with E-state index in [0.29, 0.717) is 18.7 Å². The Morgan fingerprint density at radius 1 is 1.68 bits per heavy atom. The molecule has 1 atom stereocenters. The van der Waals surface area contributed by atoms with E-state index in [9.17, 15) is 9.90 Å². The number of amides is 1. The lowest BCUT2D eigenvalue weighted by Crippen LogP contribution is -2.42. The van der Waals surface area contributed by atoms with E-state index in [1.165, 1.54) is 4.68 Å². The van der Waals surface area contributed by atoms with Crippen molar-refractivity contribution in [1.82, 2.24) is 20.3 Å². The van der Waals surface area contributed by atoms with Gasteiger partial charge in [-0.15, -0.1) is 5.10 Å². The number of nitrogens with zero attached hydrogens (tertiary/aromatic N) is 3. The van der Waals surface area contributed by atoms with E-state index in [-0.39, 0.29) is 25.5 Å². The Morgan fingerprint density at radius 2 is 2.42 bits per heavy atom. The highest BCUT2D eigenvalue weighted by atomic mass is 16.5. The Hall–Kier alpha value is -1.51. The van der Waals surface area contributed by atoms with Gasteiger partial charge in [-0.3, -0.25) is 4.79 Å². The summed E-state index contributed by atoms with van der Waals surface area (Å²) >= 11 is 0. The molecule has 8 heteroatoms. The first-order chi connectivity index (χ1) is 8.96. The molecule has 0 fully saturated rings. The predicted molar refractivity (Wildman–Crippen MR) is 68.0 cm³/mol. The van der Waals surface area contributed by atoms with Crippen LogP contribution in [0.5, 0.6) is 0 Å². The summed E-state index contributed by atoms with van der Waals surface area (Å²) in [5, 5.41) is 20.1. The van der Waals surface area contributed by atoms with Crippen LogP contribution in [-0.2, 0) is 22.6 Å². The molecule has 0 spiro atoms. The summed E-state index contributed by atoms with van der Waals surface area (Å²) in [6.07, 6.45) is 2.06. The lowest BCUT2D eigenvalue weighted by Gasteiger charge is -2.23. The average Bonchev–Trinajstić information content (AvgIpc) is 2.82. The zero-order chi connectivity index (χ0) is 14.3. The van der Waals surface area contributed by atoms with Crippen molar-refractivity contribution in [1.29, 1.82) is 0 Å². The van der Waals surface area contributed by atoms with Gasteiger partial charge in [0.2, 0.25) is 5.91 Å². The van der Waals surface area contributed by atoms with E-state index in [4.69, 9.17) is 10.5 Å². The third-order valence-electron chi connectivity index (χ3n) is 2.61. The number of aromatic nitrogens is 3. The number of carbonyl (C=O) groups is 1. The summed E-state index contributed by atoms with van der Waals surface area (Å²) in [6, 6.07) is 0. The molecule has 1 unspecified atom stereocenters. The maximum atomic E-state index is 11.7. The third kappa shape index (κ3) is 5.77. The summed E-state index contributed by atoms with van der Waals surface area (Å²) < 4.78 is 6.29. The number of hydrogen-bond acceptors (Lipinski definition) is 6. The Kier molecular flexibility index (Phi) is 5.87. The third-order valence-corrected chi connectivity index (χ3v) is 2.61. The molecule has 0 aromatic carbocycles. The Bertz CT molecular complexity index is 405. The van der Waals surface area contributed by atoms with E-state index < -0.39 is 5.60 Å². The fraction of sp³-hybridized carbons (Fsp3) is 0.727. The molecular weight excluding hydrogens is 250 g/mol. The highest BCUT2D eigenvalue weighted by Crippen LogP contribution is 2.07. The van der Waals surface area contributed by atoms with Crippen LogP contribution in [0.4, 0.5) is 0 Å². The van der Waals surface area contributed by atoms with Crippen LogP contribution in [0.2, 0.25) is 0 Å². The second-order valence-corrected chi connectivity index (χ2v) is 4.63. The van der Waals surface area contributed by atoms with Gasteiger partial charge in [0, 0.05) is 33.2 Å². The van der Waals surface area contributed by atoms with Crippen LogP contribution in [-0.4, -0.2) is 51.9 Å². The average molecular weight is 271 g/mol. The number of carbonyl (C=O) groups excluding carboxylic acids is 1. The number of rotatable bonds is 8. The van der Waals surface area contributed by atoms with Crippen LogP contribution >= 0.6 is 0 Å². The van der Waals surface area contributed by atoms with Crippen LogP contribution in [0.3, 0.4) is 0 Å². The van der Waals surface area contributed by atoms with Crippen LogP contribution in [0.25, 0.3) is 0 Å². The first kappa shape index (κ1) is 15.5. The molecule has 0 saturated heterocycles. The molecule has 19 heavy (non-hydrogen) atoms. The van der Waals surface area contributed by atoms with Gasteiger partial charge in [0.05, 0.1) is 17.5 Å². The van der Waals surface area contributed by atoms with Crippen molar-refractivity contribution in [2.45, 2.75) is 32.0 Å². The van der Waals surface area contributed by atoms with Crippen molar-refractivity contribution in [2.75, 3.05) is 20.3 Å². The standard InChI is InChI=1S/C11H21N5O3/c1-11(18,3-4-19-2)8-13-10(17)7-16-6-9(5-12)14-15-16/h6,18H,3-5,7-8,12H2,1-2H3,(H,13,17). The summed E-state index contributed by atoms with van der Waals surface area (Å²) in [5.74, 6) is -0.244. The van der Waals surface area contributed by atoms with Gasteiger partial charge in [0.1, 0.15) is 6.54 Å². The van der Waals surface area contributed by atoms with E-state index in [2.05, 4.69) is 15.6 Å². The van der Waals surface area contributed by atoms with Gasteiger partial charge in [-0.2, -0.15) is 0 Å². The lowest BCUT2D eigenvalue weighted by atomic mass is 10.0. The number of hydrogen-bond donors (Lipinski definition) is 3. The van der Waals surface area contributed by atoms with E-state index >= 15 is 0 Å². The van der Waals surface area contributed by atoms with Gasteiger partial charge >= 0.3 is 0 Å². The lowest BCUT2D eigenvalue weighted by molar-refractivity contribution is -0.123. The van der Waals surface area contributed by atoms with E-state index in [1.807, 2.05) is 0 Å². The van der Waals surface area contributed by atoms with Gasteiger partial charge in [0.25, 0.3) is 0 Å². The van der Waals surface area contributed by atoms with Crippen LogP contribution < -0.4 is 11.1 Å². The molecule has 0 bridgehead atoms. The zero-order valence-electron chi connectivity index (χ0n) is 11.3. The smallest absolute Gasteiger partial charge is 0.241 e. The molecule has 1 heterocycles. The van der Waals surface area contributed by atoms with Crippen molar-refractivity contribution < 1.29 is 14.6 Å². The largest absolute Gasteiger partial charge is 0.388 e. The van der Waals surface area contributed by atoms with Crippen molar-refractivity contribution >= 4 is 5.91 Å². The highest BCUT2D eigenvalue weighted by Gasteiger charge is 2.20. The fourth-order valence-corrected chi connectivity index (χ4v) is 1.41. The fourth-order valence-electron chi connectivity index (χ4n) is 1.41. The van der Waals surface area contributed by atoms with Crippen LogP contribution in [0.1, 0.15) is 19.0 Å². The van der Waals surface area contributed by atoms with Crippen molar-refractivity contribution in [3.05, 3.63) is 11.9 Å². The monoisotopic (exact) mass is 271 g/mol. The molecule has 1 aromatic heterocycles. The van der Waals surface area contributed by atoms with Crippen LogP contribution in [0, 0.1) is 0 Å². The maximum Gasteiger partial charge on any atom is 0.241 e. The number of aliphatic hydroxyl groups is 1. The summed E-state index contributed by atoms with van der Waals surface area (Å²) in [7, 11) is 1.56. The summed E-state index contributed by atoms with van der Waals surface area (Å²) in [6.45, 7) is 2.58. The molecule has 108 valence electrons. The van der Waals surface area contributed by atoms with Crippen molar-refractivity contribution in [3.8, 4) is 0 Å². The van der Waals surface area contributed by atoms with Gasteiger partial charge in [0.15, 0.2) is 0 Å². The molecule has 1 rings (SSSR count). The molecule has 1 amide bonds. The molecule has 4 N–H and O–H groups in total. The zero-order valence-corrected chi connectivity index (χ0v) is 11.3. The Morgan fingerprint density at radius 3 is 3.00 bits per heavy atom. The molecule has 0 aliphatic rings. The first-order valence-corrected chi connectivity index (χ1v) is 6.04. The number of ether oxygens (including phenoxy) is 1. The first-order valence-electron chi connectivity index (χ1n) is 6.04. The number of methoxy groups -OCH3 is 1. The molecule has 8 nitrogen and oxygen atoms in total. The molecule has 0 saturated carbocycles. The maximum absolute atomic E-state index is 11.7. The van der Waals surface area contributed by atoms with Crippen molar-refractivity contribution in [3.63, 3.8) is 0 Å². The van der Waals surface area contributed by atoms with Gasteiger partial charge in [-0.1, -0.05) is 5.21 Å². The molecule has 1 aromatic rings. The summed E-state index contributed by atoms with van der Waals surface area (Å²) in [5.41, 5.74) is 5.03. The highest BCUT2D eigenvalue weighted by molar-refractivity contribution is 5.75. The SMILES string of the molecule is COCCC(C)(O)CNC(=O)Cn1cc(CN)nn1. The van der Waals surface area contributed by atoms with Gasteiger partial charge in [-0.25, -0.2) is 4.68 Å². The van der Waals surface area contributed by atoms with E-state index in [0.717, 1.165) is 0 Å². The minimum Gasteiger partial charge on any atom is -0.388 e. The molecule has 0 radical (unpaired) electrons. The molecular formula is C11H21N5O3. The van der Waals surface area contributed by atoms with Crippen LogP contribution in [0.15, 0.2) is 6.20 Å². The minimum absolute atomic E-state index is 0.0490. The number of nitrogens with one attached hydrogen (secondary N) is 1. The van der Waals surface area contributed by atoms with Crippen molar-refractivity contribution in [2.24, 2.45) is 5.73 Å². The van der Waals surface area contributed by atoms with Gasteiger partial charge < -0.3 is 20.9 Å². The molecule has 0 aliphatic carbocycles. The normalized spacial score (nSPS) is 14.1. The second kappa shape index (κ2) is 7.17. The Balaban J connectivity index is 2.35. The molecule has 0 aliphatic heterocycles. The van der Waals surface area contributed by atoms with E-state index in [1.54, 1.807) is 20.2 Å². The minimum atomic E-state index is -0.990. The quantitative estimate of drug-likeness (QED) is 0.538. The number of nitrogens with two attached hydrogens (primary N) is 1. The predicted octanol–water partition coefficient (Wildman–Crippen LogP) is -1.36. The Labute approximate surface area is 111 Å². The van der Waals surface area contributed by atoms with Gasteiger partial charge in [-0.05, 0) is 6.92 Å². The summed E-state index contributed by atoms with van der Waals surface area (Å²) in [4.78, 5) is 11.7.